The Morgan fingerprint density at radius 1 is 1.21 bits per heavy atom. The van der Waals surface area contributed by atoms with Gasteiger partial charge in [0.1, 0.15) is 5.78 Å². The van der Waals surface area contributed by atoms with Crippen molar-refractivity contribution in [1.29, 1.82) is 0 Å². The lowest BCUT2D eigenvalue weighted by Crippen LogP contribution is -2.39. The Morgan fingerprint density at radius 3 is 2.43 bits per heavy atom. The molecule has 0 heterocycles. The quantitative estimate of drug-likeness (QED) is 0.683. The molecule has 1 aromatic carbocycles. The van der Waals surface area contributed by atoms with Crippen LogP contribution in [0.4, 0.5) is 0 Å². The first kappa shape index (κ1) is 10.4. The third-order valence-corrected chi connectivity index (χ3v) is 1.58. The van der Waals surface area contributed by atoms with Gasteiger partial charge < -0.3 is 0 Å². The van der Waals surface area contributed by atoms with Crippen LogP contribution in [0.5, 0.6) is 0 Å². The van der Waals surface area contributed by atoms with E-state index in [1.165, 1.54) is 6.92 Å². The number of benzene rings is 1. The maximum absolute atomic E-state index is 11.3. The van der Waals surface area contributed by atoms with Crippen LogP contribution in [0.1, 0.15) is 17.3 Å². The summed E-state index contributed by atoms with van der Waals surface area (Å²) in [5.41, 5.74) is 5.51. The molecule has 0 saturated carbocycles. The van der Waals surface area contributed by atoms with Crippen molar-refractivity contribution >= 4 is 11.7 Å². The molecule has 74 valence electrons. The summed E-state index contributed by atoms with van der Waals surface area (Å²) >= 11 is 0. The minimum atomic E-state index is -0.244. The van der Waals surface area contributed by atoms with E-state index in [1.807, 2.05) is 6.07 Å². The predicted molar refractivity (Wildman–Crippen MR) is 52.6 cm³/mol. The minimum Gasteiger partial charge on any atom is -0.299 e. The lowest BCUT2D eigenvalue weighted by molar-refractivity contribution is -0.116. The maximum Gasteiger partial charge on any atom is 0.265 e. The zero-order chi connectivity index (χ0) is 10.4. The van der Waals surface area contributed by atoms with Gasteiger partial charge in [0, 0.05) is 5.56 Å². The van der Waals surface area contributed by atoms with Gasteiger partial charge in [-0.1, -0.05) is 18.2 Å². The molecular weight excluding hydrogens is 180 g/mol. The SMILES string of the molecule is CC(=O)CNNC(=O)c1ccccc1. The number of hydrogen-bond acceptors (Lipinski definition) is 3. The summed E-state index contributed by atoms with van der Waals surface area (Å²) in [7, 11) is 0. The third kappa shape index (κ3) is 3.37. The molecule has 4 heteroatoms. The Morgan fingerprint density at radius 2 is 1.86 bits per heavy atom. The number of carbonyl (C=O) groups is 2. The molecule has 1 amide bonds. The highest BCUT2D eigenvalue weighted by molar-refractivity contribution is 5.93. The van der Waals surface area contributed by atoms with Gasteiger partial charge in [-0.15, -0.1) is 0 Å². The molecule has 0 aliphatic heterocycles. The van der Waals surface area contributed by atoms with Gasteiger partial charge in [-0.2, -0.15) is 0 Å². The summed E-state index contributed by atoms with van der Waals surface area (Å²) in [6.45, 7) is 1.58. The van der Waals surface area contributed by atoms with Gasteiger partial charge in [0.2, 0.25) is 0 Å². The summed E-state index contributed by atoms with van der Waals surface area (Å²) in [6, 6.07) is 8.79. The molecule has 0 saturated heterocycles. The summed E-state index contributed by atoms with van der Waals surface area (Å²) < 4.78 is 0. The van der Waals surface area contributed by atoms with Gasteiger partial charge in [0.25, 0.3) is 5.91 Å². The molecule has 0 atom stereocenters. The second-order valence-electron chi connectivity index (χ2n) is 2.88. The average molecular weight is 192 g/mol. The lowest BCUT2D eigenvalue weighted by atomic mass is 10.2. The smallest absolute Gasteiger partial charge is 0.265 e. The fourth-order valence-electron chi connectivity index (χ4n) is 0.911. The van der Waals surface area contributed by atoms with E-state index in [0.29, 0.717) is 5.56 Å². The number of amides is 1. The Balaban J connectivity index is 2.40. The van der Waals surface area contributed by atoms with Gasteiger partial charge in [0.15, 0.2) is 0 Å². The highest BCUT2D eigenvalue weighted by Crippen LogP contribution is 1.96. The molecule has 1 aromatic rings. The van der Waals surface area contributed by atoms with Crippen LogP contribution < -0.4 is 10.9 Å². The molecular formula is C10H12N2O2. The number of Topliss-reactive ketones (excluding diaryl/α,β-unsaturated/α-hetero) is 1. The number of nitrogens with one attached hydrogen (secondary N) is 2. The van der Waals surface area contributed by atoms with Crippen LogP contribution in [0.25, 0.3) is 0 Å². The van der Waals surface area contributed by atoms with E-state index in [4.69, 9.17) is 0 Å². The van der Waals surface area contributed by atoms with Crippen molar-refractivity contribution in [3.05, 3.63) is 35.9 Å². The normalized spacial score (nSPS) is 9.50. The molecule has 0 aliphatic rings. The van der Waals surface area contributed by atoms with Crippen molar-refractivity contribution in [1.82, 2.24) is 10.9 Å². The van der Waals surface area contributed by atoms with E-state index in [-0.39, 0.29) is 18.2 Å². The molecule has 0 radical (unpaired) electrons. The van der Waals surface area contributed by atoms with Crippen molar-refractivity contribution in [3.8, 4) is 0 Å². The average Bonchev–Trinajstić information content (AvgIpc) is 2.18. The Bertz CT molecular complexity index is 322. The Kier molecular flexibility index (Phi) is 3.82. The van der Waals surface area contributed by atoms with Crippen LogP contribution in [0.3, 0.4) is 0 Å². The van der Waals surface area contributed by atoms with E-state index in [1.54, 1.807) is 24.3 Å². The van der Waals surface area contributed by atoms with Crippen molar-refractivity contribution < 1.29 is 9.59 Å². The molecule has 0 aliphatic carbocycles. The Hall–Kier alpha value is -1.68. The molecule has 1 rings (SSSR count). The maximum atomic E-state index is 11.3. The molecule has 0 aromatic heterocycles. The first-order valence-electron chi connectivity index (χ1n) is 4.28. The minimum absolute atomic E-state index is 0.0293. The number of carbonyl (C=O) groups excluding carboxylic acids is 2. The number of hydrazine groups is 1. The fraction of sp³-hybridized carbons (Fsp3) is 0.200. The topological polar surface area (TPSA) is 58.2 Å². The first-order chi connectivity index (χ1) is 6.70. The van der Waals surface area contributed by atoms with Gasteiger partial charge in [0.05, 0.1) is 6.54 Å². The van der Waals surface area contributed by atoms with Crippen molar-refractivity contribution in [3.63, 3.8) is 0 Å². The third-order valence-electron chi connectivity index (χ3n) is 1.58. The van der Waals surface area contributed by atoms with E-state index in [9.17, 15) is 9.59 Å². The zero-order valence-corrected chi connectivity index (χ0v) is 7.91. The van der Waals surface area contributed by atoms with Crippen LogP contribution in [0.2, 0.25) is 0 Å². The van der Waals surface area contributed by atoms with Gasteiger partial charge >= 0.3 is 0 Å². The van der Waals surface area contributed by atoms with Crippen LogP contribution in [-0.2, 0) is 4.79 Å². The Labute approximate surface area is 82.3 Å². The largest absolute Gasteiger partial charge is 0.299 e. The lowest BCUT2D eigenvalue weighted by Gasteiger charge is -2.04. The van der Waals surface area contributed by atoms with Gasteiger partial charge in [-0.25, -0.2) is 5.43 Å². The van der Waals surface area contributed by atoms with Crippen molar-refractivity contribution in [2.45, 2.75) is 6.92 Å². The molecule has 0 bridgehead atoms. The fourth-order valence-corrected chi connectivity index (χ4v) is 0.911. The van der Waals surface area contributed by atoms with Crippen LogP contribution in [0, 0.1) is 0 Å². The summed E-state index contributed by atoms with van der Waals surface area (Å²) in [4.78, 5) is 21.9. The summed E-state index contributed by atoms with van der Waals surface area (Å²) in [5.74, 6) is -0.273. The number of hydrogen-bond donors (Lipinski definition) is 2. The monoisotopic (exact) mass is 192 g/mol. The predicted octanol–water partition coefficient (Wildman–Crippen LogP) is 0.510. The van der Waals surface area contributed by atoms with Crippen molar-refractivity contribution in [2.24, 2.45) is 0 Å². The van der Waals surface area contributed by atoms with Gasteiger partial charge in [-0.3, -0.25) is 15.0 Å². The van der Waals surface area contributed by atoms with Crippen LogP contribution in [-0.4, -0.2) is 18.2 Å². The van der Waals surface area contributed by atoms with E-state index >= 15 is 0 Å². The van der Waals surface area contributed by atoms with Crippen LogP contribution in [0.15, 0.2) is 30.3 Å². The molecule has 0 spiro atoms. The van der Waals surface area contributed by atoms with Crippen LogP contribution >= 0.6 is 0 Å². The number of rotatable bonds is 4. The highest BCUT2D eigenvalue weighted by Gasteiger charge is 2.02. The first-order valence-corrected chi connectivity index (χ1v) is 4.28. The summed E-state index contributed by atoms with van der Waals surface area (Å²) in [5, 5.41) is 0. The molecule has 0 unspecified atom stereocenters. The molecule has 4 nitrogen and oxygen atoms in total. The summed E-state index contributed by atoms with van der Waals surface area (Å²) in [6.07, 6.45) is 0. The molecule has 2 N–H and O–H groups in total. The molecule has 0 fully saturated rings. The number of ketones is 1. The second-order valence-corrected chi connectivity index (χ2v) is 2.88. The van der Waals surface area contributed by atoms with Crippen molar-refractivity contribution in [2.75, 3.05) is 6.54 Å². The van der Waals surface area contributed by atoms with E-state index in [0.717, 1.165) is 0 Å². The van der Waals surface area contributed by atoms with Gasteiger partial charge in [-0.05, 0) is 19.1 Å². The zero-order valence-electron chi connectivity index (χ0n) is 7.91. The van der Waals surface area contributed by atoms with E-state index < -0.39 is 0 Å². The highest BCUT2D eigenvalue weighted by atomic mass is 16.2. The van der Waals surface area contributed by atoms with E-state index in [2.05, 4.69) is 10.9 Å². The molecule has 14 heavy (non-hydrogen) atoms. The standard InChI is InChI=1S/C10H12N2O2/c1-8(13)7-11-12-10(14)9-5-3-2-4-6-9/h2-6,11H,7H2,1H3,(H,12,14). The second kappa shape index (κ2) is 5.14.